The van der Waals surface area contributed by atoms with Crippen molar-refractivity contribution >= 4 is 33.2 Å². The zero-order valence-electron chi connectivity index (χ0n) is 14.0. The molecule has 146 valence electrons. The van der Waals surface area contributed by atoms with Crippen molar-refractivity contribution in [2.45, 2.75) is 11.3 Å². The van der Waals surface area contributed by atoms with E-state index in [1.807, 2.05) is 0 Å². The summed E-state index contributed by atoms with van der Waals surface area (Å²) in [6.45, 7) is 0. The number of nitrogens with one attached hydrogen (secondary N) is 1. The summed E-state index contributed by atoms with van der Waals surface area (Å²) in [6, 6.07) is 8.14. The van der Waals surface area contributed by atoms with E-state index in [4.69, 9.17) is 11.6 Å². The second-order valence-corrected chi connectivity index (χ2v) is 7.55. The van der Waals surface area contributed by atoms with Crippen LogP contribution in [-0.4, -0.2) is 39.7 Å². The lowest BCUT2D eigenvalue weighted by Crippen LogP contribution is -2.22. The summed E-state index contributed by atoms with van der Waals surface area (Å²) < 4.78 is 68.5. The fraction of sp³-hybridized carbons (Fsp3) is 0.188. The topological polar surface area (TPSA) is 75.7 Å². The first-order valence-electron chi connectivity index (χ1n) is 7.29. The summed E-state index contributed by atoms with van der Waals surface area (Å²) in [5, 5.41) is -0.0388. The van der Waals surface area contributed by atoms with Crippen molar-refractivity contribution in [2.75, 3.05) is 18.8 Å². The third kappa shape index (κ3) is 5.27. The van der Waals surface area contributed by atoms with Crippen molar-refractivity contribution < 1.29 is 31.1 Å². The lowest BCUT2D eigenvalue weighted by atomic mass is 10.2. The highest BCUT2D eigenvalue weighted by molar-refractivity contribution is 7.92. The van der Waals surface area contributed by atoms with Crippen LogP contribution in [0.25, 0.3) is 0 Å². The number of ether oxygens (including phenoxy) is 1. The molecule has 0 spiro atoms. The predicted octanol–water partition coefficient (Wildman–Crippen LogP) is 3.74. The number of rotatable bonds is 5. The number of alkyl halides is 3. The van der Waals surface area contributed by atoms with Gasteiger partial charge in [-0.15, -0.1) is 13.2 Å². The molecule has 0 aliphatic rings. The van der Waals surface area contributed by atoms with E-state index >= 15 is 0 Å². The number of amides is 1. The number of carbonyl (C=O) groups excluding carboxylic acids is 1. The third-order valence-corrected chi connectivity index (χ3v) is 4.96. The monoisotopic (exact) mass is 422 g/mol. The van der Waals surface area contributed by atoms with E-state index in [0.717, 1.165) is 12.1 Å². The molecule has 0 heterocycles. The Kier molecular flexibility index (Phi) is 5.91. The van der Waals surface area contributed by atoms with E-state index in [9.17, 15) is 26.4 Å². The SMILES string of the molecule is CN(C)C(=O)c1ccc(Cl)c(NS(=O)(=O)c2ccccc2OC(F)(F)F)c1. The van der Waals surface area contributed by atoms with Crippen molar-refractivity contribution in [2.24, 2.45) is 0 Å². The van der Waals surface area contributed by atoms with Crippen molar-refractivity contribution in [3.05, 3.63) is 53.1 Å². The Morgan fingerprint density at radius 3 is 2.37 bits per heavy atom. The van der Waals surface area contributed by atoms with E-state index in [2.05, 4.69) is 9.46 Å². The minimum absolute atomic E-state index is 0.0388. The predicted molar refractivity (Wildman–Crippen MR) is 93.4 cm³/mol. The quantitative estimate of drug-likeness (QED) is 0.796. The maximum atomic E-state index is 12.6. The van der Waals surface area contributed by atoms with Gasteiger partial charge in [-0.1, -0.05) is 23.7 Å². The second-order valence-electron chi connectivity index (χ2n) is 5.49. The molecule has 0 saturated heterocycles. The summed E-state index contributed by atoms with van der Waals surface area (Å²) in [5.41, 5.74) is -0.0203. The lowest BCUT2D eigenvalue weighted by molar-refractivity contribution is -0.275. The van der Waals surface area contributed by atoms with Crippen LogP contribution in [0.2, 0.25) is 5.02 Å². The molecule has 0 saturated carbocycles. The largest absolute Gasteiger partial charge is 0.573 e. The highest BCUT2D eigenvalue weighted by Crippen LogP contribution is 2.32. The van der Waals surface area contributed by atoms with Crippen molar-refractivity contribution in [3.63, 3.8) is 0 Å². The fourth-order valence-electron chi connectivity index (χ4n) is 2.08. The third-order valence-electron chi connectivity index (χ3n) is 3.23. The highest BCUT2D eigenvalue weighted by Gasteiger charge is 2.34. The van der Waals surface area contributed by atoms with Crippen molar-refractivity contribution in [3.8, 4) is 5.75 Å². The van der Waals surface area contributed by atoms with Crippen molar-refractivity contribution in [1.82, 2.24) is 4.90 Å². The van der Waals surface area contributed by atoms with Crippen LogP contribution in [0.1, 0.15) is 10.4 Å². The van der Waals surface area contributed by atoms with E-state index < -0.39 is 32.9 Å². The van der Waals surface area contributed by atoms with E-state index in [1.54, 1.807) is 0 Å². The van der Waals surface area contributed by atoms with Gasteiger partial charge in [-0.3, -0.25) is 9.52 Å². The molecule has 0 unspecified atom stereocenters. The Bertz CT molecular complexity index is 962. The molecule has 0 aliphatic carbocycles. The van der Waals surface area contributed by atoms with E-state index in [0.29, 0.717) is 0 Å². The minimum Gasteiger partial charge on any atom is -0.404 e. The minimum atomic E-state index is -5.07. The number of nitrogens with zero attached hydrogens (tertiary/aromatic N) is 1. The summed E-state index contributed by atoms with van der Waals surface area (Å²) in [5.74, 6) is -1.30. The molecule has 0 radical (unpaired) electrons. The van der Waals surface area contributed by atoms with Crippen LogP contribution in [0.5, 0.6) is 5.75 Å². The smallest absolute Gasteiger partial charge is 0.404 e. The molecule has 1 amide bonds. The first kappa shape index (κ1) is 20.8. The Hall–Kier alpha value is -2.46. The Balaban J connectivity index is 2.43. The van der Waals surface area contributed by atoms with Gasteiger partial charge in [0.05, 0.1) is 10.7 Å². The number of carbonyl (C=O) groups is 1. The first-order valence-corrected chi connectivity index (χ1v) is 9.15. The Labute approximate surface area is 158 Å². The molecule has 2 aromatic rings. The normalized spacial score (nSPS) is 11.8. The number of para-hydroxylation sites is 1. The van der Waals surface area contributed by atoms with Crippen molar-refractivity contribution in [1.29, 1.82) is 0 Å². The van der Waals surface area contributed by atoms with Crippen LogP contribution in [0.4, 0.5) is 18.9 Å². The lowest BCUT2D eigenvalue weighted by Gasteiger charge is -2.16. The summed E-state index contributed by atoms with van der Waals surface area (Å²) in [7, 11) is -1.47. The number of anilines is 1. The van der Waals surface area contributed by atoms with Crippen LogP contribution >= 0.6 is 11.6 Å². The molecule has 0 aromatic heterocycles. The number of halogens is 4. The average Bonchev–Trinajstić information content (AvgIpc) is 2.54. The van der Waals surface area contributed by atoms with Gasteiger partial charge in [0.25, 0.3) is 15.9 Å². The molecule has 1 N–H and O–H groups in total. The van der Waals surface area contributed by atoms with Gasteiger partial charge in [0, 0.05) is 19.7 Å². The maximum Gasteiger partial charge on any atom is 0.573 e. The molecule has 0 atom stereocenters. The first-order chi connectivity index (χ1) is 12.4. The van der Waals surface area contributed by atoms with Gasteiger partial charge >= 0.3 is 6.36 Å². The molecule has 0 fully saturated rings. The van der Waals surface area contributed by atoms with Crippen LogP contribution in [0.15, 0.2) is 47.4 Å². The number of hydrogen-bond acceptors (Lipinski definition) is 4. The average molecular weight is 423 g/mol. The number of hydrogen-bond donors (Lipinski definition) is 1. The molecule has 2 aromatic carbocycles. The zero-order chi connectivity index (χ0) is 20.4. The summed E-state index contributed by atoms with van der Waals surface area (Å²) in [4.78, 5) is 12.6. The van der Waals surface area contributed by atoms with Crippen LogP contribution < -0.4 is 9.46 Å². The van der Waals surface area contributed by atoms with E-state index in [1.165, 1.54) is 49.3 Å². The van der Waals surface area contributed by atoms with Crippen LogP contribution in [0.3, 0.4) is 0 Å². The standard InChI is InChI=1S/C16H14ClF3N2O4S/c1-22(2)15(23)10-7-8-11(17)12(9-10)21-27(24,25)14-6-4-3-5-13(14)26-16(18,19)20/h3-9,21H,1-2H3. The molecular weight excluding hydrogens is 409 g/mol. The number of benzene rings is 2. The molecule has 11 heteroatoms. The highest BCUT2D eigenvalue weighted by atomic mass is 35.5. The maximum absolute atomic E-state index is 12.6. The molecule has 2 rings (SSSR count). The molecule has 6 nitrogen and oxygen atoms in total. The van der Waals surface area contributed by atoms with Gasteiger partial charge in [-0.25, -0.2) is 8.42 Å². The van der Waals surface area contributed by atoms with Gasteiger partial charge < -0.3 is 9.64 Å². The van der Waals surface area contributed by atoms with Gasteiger partial charge in [-0.2, -0.15) is 0 Å². The molecular formula is C16H14ClF3N2O4S. The van der Waals surface area contributed by atoms with Gasteiger partial charge in [0.2, 0.25) is 0 Å². The van der Waals surface area contributed by atoms with Gasteiger partial charge in [0.1, 0.15) is 10.6 Å². The Morgan fingerprint density at radius 1 is 1.15 bits per heavy atom. The van der Waals surface area contributed by atoms with E-state index in [-0.39, 0.29) is 16.3 Å². The molecule has 0 aliphatic heterocycles. The fourth-order valence-corrected chi connectivity index (χ4v) is 3.50. The number of sulfonamides is 1. The second kappa shape index (κ2) is 7.65. The molecule has 0 bridgehead atoms. The zero-order valence-corrected chi connectivity index (χ0v) is 15.6. The van der Waals surface area contributed by atoms with Gasteiger partial charge in [0.15, 0.2) is 0 Å². The summed E-state index contributed by atoms with van der Waals surface area (Å²) in [6.07, 6.45) is -5.07. The summed E-state index contributed by atoms with van der Waals surface area (Å²) >= 11 is 5.96. The van der Waals surface area contributed by atoms with Crippen LogP contribution in [0, 0.1) is 0 Å². The van der Waals surface area contributed by atoms with Crippen LogP contribution in [-0.2, 0) is 10.0 Å². The van der Waals surface area contributed by atoms with Gasteiger partial charge in [-0.05, 0) is 30.3 Å². The molecule has 27 heavy (non-hydrogen) atoms. The Morgan fingerprint density at radius 2 is 1.78 bits per heavy atom.